The van der Waals surface area contributed by atoms with Gasteiger partial charge in [-0.1, -0.05) is 24.3 Å². The van der Waals surface area contributed by atoms with Gasteiger partial charge in [0.15, 0.2) is 0 Å². The van der Waals surface area contributed by atoms with Crippen LogP contribution in [0.25, 0.3) is 0 Å². The van der Waals surface area contributed by atoms with Crippen LogP contribution >= 0.6 is 0 Å². The van der Waals surface area contributed by atoms with Gasteiger partial charge in [0, 0.05) is 7.11 Å². The fraction of sp³-hybridized carbons (Fsp3) is 0.462. The summed E-state index contributed by atoms with van der Waals surface area (Å²) in [6, 6.07) is 7.98. The fourth-order valence-corrected chi connectivity index (χ4v) is 2.00. The molecule has 1 saturated carbocycles. The van der Waals surface area contributed by atoms with E-state index < -0.39 is 11.4 Å². The Labute approximate surface area is 95.0 Å². The number of ether oxygens (including phenoxy) is 1. The summed E-state index contributed by atoms with van der Waals surface area (Å²) >= 11 is 0. The molecule has 3 nitrogen and oxygen atoms in total. The molecule has 1 aromatic carbocycles. The van der Waals surface area contributed by atoms with E-state index in [2.05, 4.69) is 0 Å². The van der Waals surface area contributed by atoms with Gasteiger partial charge in [-0.25, -0.2) is 0 Å². The number of rotatable bonds is 5. The van der Waals surface area contributed by atoms with Gasteiger partial charge in [0.2, 0.25) is 0 Å². The van der Waals surface area contributed by atoms with Crippen LogP contribution in [0.4, 0.5) is 0 Å². The lowest BCUT2D eigenvalue weighted by molar-refractivity contribution is -0.143. The molecule has 86 valence electrons. The molecule has 1 aliphatic rings. The van der Waals surface area contributed by atoms with Gasteiger partial charge in [-0.3, -0.25) is 4.79 Å². The van der Waals surface area contributed by atoms with E-state index in [-0.39, 0.29) is 0 Å². The van der Waals surface area contributed by atoms with Crippen LogP contribution in [-0.4, -0.2) is 18.2 Å². The van der Waals surface area contributed by atoms with Crippen molar-refractivity contribution in [3.63, 3.8) is 0 Å². The minimum absolute atomic E-state index is 0.480. The van der Waals surface area contributed by atoms with Crippen molar-refractivity contribution in [2.24, 2.45) is 5.41 Å². The van der Waals surface area contributed by atoms with E-state index >= 15 is 0 Å². The molecule has 0 bridgehead atoms. The third kappa shape index (κ3) is 2.25. The Hall–Kier alpha value is -1.35. The van der Waals surface area contributed by atoms with E-state index in [1.165, 1.54) is 0 Å². The van der Waals surface area contributed by atoms with Crippen LogP contribution in [0.3, 0.4) is 0 Å². The Balaban J connectivity index is 2.10. The van der Waals surface area contributed by atoms with Gasteiger partial charge in [-0.15, -0.1) is 0 Å². The van der Waals surface area contributed by atoms with Gasteiger partial charge in [0.05, 0.1) is 12.0 Å². The van der Waals surface area contributed by atoms with E-state index in [0.29, 0.717) is 13.0 Å². The van der Waals surface area contributed by atoms with Crippen molar-refractivity contribution in [2.75, 3.05) is 7.11 Å². The van der Waals surface area contributed by atoms with Crippen LogP contribution < -0.4 is 0 Å². The Kier molecular flexibility index (Phi) is 2.97. The van der Waals surface area contributed by atoms with Crippen LogP contribution in [0.5, 0.6) is 0 Å². The Morgan fingerprint density at radius 2 is 2.12 bits per heavy atom. The average Bonchev–Trinajstić information content (AvgIpc) is 3.00. The predicted molar refractivity (Wildman–Crippen MR) is 60.2 cm³/mol. The Morgan fingerprint density at radius 3 is 2.69 bits per heavy atom. The fourth-order valence-electron chi connectivity index (χ4n) is 2.00. The monoisotopic (exact) mass is 220 g/mol. The van der Waals surface area contributed by atoms with Crippen LogP contribution in [-0.2, 0) is 22.6 Å². The first kappa shape index (κ1) is 11.1. The van der Waals surface area contributed by atoms with E-state index in [1.54, 1.807) is 7.11 Å². The Bertz CT molecular complexity index is 394. The number of aliphatic carboxylic acids is 1. The molecule has 1 aliphatic carbocycles. The second-order valence-electron chi connectivity index (χ2n) is 4.52. The van der Waals surface area contributed by atoms with Crippen molar-refractivity contribution in [1.29, 1.82) is 0 Å². The molecule has 3 heteroatoms. The van der Waals surface area contributed by atoms with E-state index in [9.17, 15) is 4.79 Å². The van der Waals surface area contributed by atoms with Crippen molar-refractivity contribution in [3.05, 3.63) is 35.4 Å². The zero-order chi connectivity index (χ0) is 11.6. The molecule has 0 aliphatic heterocycles. The van der Waals surface area contributed by atoms with Crippen molar-refractivity contribution in [2.45, 2.75) is 25.9 Å². The molecular weight excluding hydrogens is 204 g/mol. The molecule has 0 spiro atoms. The quantitative estimate of drug-likeness (QED) is 0.827. The highest BCUT2D eigenvalue weighted by atomic mass is 16.5. The molecule has 0 radical (unpaired) electrons. The topological polar surface area (TPSA) is 46.5 Å². The molecule has 2 rings (SSSR count). The van der Waals surface area contributed by atoms with Crippen LogP contribution in [0.2, 0.25) is 0 Å². The highest BCUT2D eigenvalue weighted by Gasteiger charge is 2.49. The second kappa shape index (κ2) is 4.26. The zero-order valence-corrected chi connectivity index (χ0v) is 9.40. The molecule has 0 aromatic heterocycles. The van der Waals surface area contributed by atoms with Gasteiger partial charge < -0.3 is 9.84 Å². The van der Waals surface area contributed by atoms with Gasteiger partial charge >= 0.3 is 5.97 Å². The minimum Gasteiger partial charge on any atom is -0.481 e. The van der Waals surface area contributed by atoms with E-state index in [1.807, 2.05) is 24.3 Å². The van der Waals surface area contributed by atoms with Gasteiger partial charge in [0.25, 0.3) is 0 Å². The number of carbonyl (C=O) groups is 1. The molecule has 1 aromatic rings. The molecule has 0 unspecified atom stereocenters. The normalized spacial score (nSPS) is 17.1. The van der Waals surface area contributed by atoms with Gasteiger partial charge in [-0.2, -0.15) is 0 Å². The van der Waals surface area contributed by atoms with E-state index in [0.717, 1.165) is 24.0 Å². The molecule has 0 saturated heterocycles. The highest BCUT2D eigenvalue weighted by Crippen LogP contribution is 2.48. The number of methoxy groups -OCH3 is 1. The summed E-state index contributed by atoms with van der Waals surface area (Å²) in [5, 5.41) is 9.11. The molecule has 0 heterocycles. The third-order valence-electron chi connectivity index (χ3n) is 3.15. The minimum atomic E-state index is -0.662. The SMILES string of the molecule is COCc1cccc(CC2(C(=O)O)CC2)c1. The first-order valence-electron chi connectivity index (χ1n) is 5.46. The maximum absolute atomic E-state index is 11.1. The molecular formula is C13H16O3. The Morgan fingerprint density at radius 1 is 1.44 bits per heavy atom. The smallest absolute Gasteiger partial charge is 0.309 e. The summed E-state index contributed by atoms with van der Waals surface area (Å²) in [5.41, 5.74) is 1.71. The maximum atomic E-state index is 11.1. The third-order valence-corrected chi connectivity index (χ3v) is 3.15. The average molecular weight is 220 g/mol. The number of hydrogen-bond donors (Lipinski definition) is 1. The summed E-state index contributed by atoms with van der Waals surface area (Å²) in [4.78, 5) is 11.1. The first-order valence-corrected chi connectivity index (χ1v) is 5.46. The van der Waals surface area contributed by atoms with Gasteiger partial charge in [0.1, 0.15) is 0 Å². The lowest BCUT2D eigenvalue weighted by atomic mass is 9.96. The van der Waals surface area contributed by atoms with Crippen molar-refractivity contribution < 1.29 is 14.6 Å². The second-order valence-corrected chi connectivity index (χ2v) is 4.52. The van der Waals surface area contributed by atoms with Crippen molar-refractivity contribution >= 4 is 5.97 Å². The summed E-state index contributed by atoms with van der Waals surface area (Å²) in [7, 11) is 1.66. The van der Waals surface area contributed by atoms with Crippen LogP contribution in [0.1, 0.15) is 24.0 Å². The number of carboxylic acids is 1. The lowest BCUT2D eigenvalue weighted by Crippen LogP contribution is -2.17. The number of benzene rings is 1. The molecule has 0 atom stereocenters. The molecule has 1 fully saturated rings. The molecule has 1 N–H and O–H groups in total. The summed E-state index contributed by atoms with van der Waals surface area (Å²) < 4.78 is 5.06. The standard InChI is InChI=1S/C13H16O3/c1-16-9-11-4-2-3-10(7-11)8-13(5-6-13)12(14)15/h2-4,7H,5-6,8-9H2,1H3,(H,14,15). The molecule has 16 heavy (non-hydrogen) atoms. The zero-order valence-electron chi connectivity index (χ0n) is 9.40. The number of carboxylic acid groups (broad SMARTS) is 1. The van der Waals surface area contributed by atoms with Gasteiger partial charge in [-0.05, 0) is 30.4 Å². The summed E-state index contributed by atoms with van der Waals surface area (Å²) in [6.45, 7) is 0.577. The predicted octanol–water partition coefficient (Wildman–Crippen LogP) is 2.24. The van der Waals surface area contributed by atoms with Crippen molar-refractivity contribution in [1.82, 2.24) is 0 Å². The highest BCUT2D eigenvalue weighted by molar-refractivity contribution is 5.78. The van der Waals surface area contributed by atoms with Crippen LogP contribution in [0, 0.1) is 5.41 Å². The summed E-state index contributed by atoms with van der Waals surface area (Å²) in [5.74, 6) is -0.662. The maximum Gasteiger partial charge on any atom is 0.309 e. The summed E-state index contributed by atoms with van der Waals surface area (Å²) in [6.07, 6.45) is 2.24. The van der Waals surface area contributed by atoms with E-state index in [4.69, 9.17) is 9.84 Å². The largest absolute Gasteiger partial charge is 0.481 e. The first-order chi connectivity index (χ1) is 7.66. The van der Waals surface area contributed by atoms with Crippen LogP contribution in [0.15, 0.2) is 24.3 Å². The molecule has 0 amide bonds. The lowest BCUT2D eigenvalue weighted by Gasteiger charge is -2.10. The van der Waals surface area contributed by atoms with Crippen molar-refractivity contribution in [3.8, 4) is 0 Å². The number of hydrogen-bond acceptors (Lipinski definition) is 2.